The fourth-order valence-electron chi connectivity index (χ4n) is 3.36. The molecular formula is C26H29FN2O3. The summed E-state index contributed by atoms with van der Waals surface area (Å²) in [6.45, 7) is 2.72. The van der Waals surface area contributed by atoms with Gasteiger partial charge in [0.1, 0.15) is 0 Å². The van der Waals surface area contributed by atoms with E-state index in [2.05, 4.69) is 16.9 Å². The Morgan fingerprint density at radius 1 is 0.875 bits per heavy atom. The van der Waals surface area contributed by atoms with Gasteiger partial charge in [0.25, 0.3) is 0 Å². The lowest BCUT2D eigenvalue weighted by Crippen LogP contribution is -2.00. The lowest BCUT2D eigenvalue weighted by atomic mass is 10.1. The zero-order valence-corrected chi connectivity index (χ0v) is 18.6. The fourth-order valence-corrected chi connectivity index (χ4v) is 3.36. The molecular weight excluding hydrogens is 407 g/mol. The van der Waals surface area contributed by atoms with Crippen LogP contribution in [-0.2, 0) is 4.74 Å². The maximum Gasteiger partial charge on any atom is 0.337 e. The van der Waals surface area contributed by atoms with Crippen LogP contribution in [0.3, 0.4) is 0 Å². The molecule has 0 radical (unpaired) electrons. The molecule has 0 aliphatic rings. The molecule has 168 valence electrons. The molecule has 3 rings (SSSR count). The van der Waals surface area contributed by atoms with Crippen molar-refractivity contribution in [1.82, 2.24) is 9.97 Å². The van der Waals surface area contributed by atoms with Crippen molar-refractivity contribution in [3.8, 4) is 28.3 Å². The summed E-state index contributed by atoms with van der Waals surface area (Å²) in [5, 5.41) is 0. The van der Waals surface area contributed by atoms with Crippen LogP contribution < -0.4 is 4.74 Å². The Hall–Kier alpha value is -3.28. The van der Waals surface area contributed by atoms with Crippen molar-refractivity contribution in [2.45, 2.75) is 45.4 Å². The Bertz CT molecular complexity index is 1000. The number of benzene rings is 2. The first kappa shape index (κ1) is 23.4. The number of aromatic nitrogens is 2. The fraction of sp³-hybridized carbons (Fsp3) is 0.346. The number of hydrogen-bond acceptors (Lipinski definition) is 5. The van der Waals surface area contributed by atoms with Gasteiger partial charge in [-0.15, -0.1) is 0 Å². The molecule has 0 atom stereocenters. The van der Waals surface area contributed by atoms with E-state index >= 15 is 0 Å². The molecule has 0 saturated carbocycles. The van der Waals surface area contributed by atoms with E-state index in [1.54, 1.807) is 42.7 Å². The molecule has 0 amide bonds. The summed E-state index contributed by atoms with van der Waals surface area (Å²) in [7, 11) is 1.34. The number of hydrogen-bond donors (Lipinski definition) is 0. The predicted octanol–water partition coefficient (Wildman–Crippen LogP) is 6.48. The number of halogens is 1. The van der Waals surface area contributed by atoms with Crippen molar-refractivity contribution in [1.29, 1.82) is 0 Å². The summed E-state index contributed by atoms with van der Waals surface area (Å²) >= 11 is 0. The van der Waals surface area contributed by atoms with E-state index in [1.807, 2.05) is 6.07 Å². The van der Waals surface area contributed by atoms with Crippen molar-refractivity contribution in [3.05, 3.63) is 66.2 Å². The van der Waals surface area contributed by atoms with E-state index in [0.717, 1.165) is 18.4 Å². The highest BCUT2D eigenvalue weighted by molar-refractivity contribution is 5.89. The largest absolute Gasteiger partial charge is 0.491 e. The molecule has 0 saturated heterocycles. The minimum absolute atomic E-state index is 0.269. The van der Waals surface area contributed by atoms with Gasteiger partial charge >= 0.3 is 5.97 Å². The van der Waals surface area contributed by atoms with Gasteiger partial charge in [-0.25, -0.2) is 19.2 Å². The lowest BCUT2D eigenvalue weighted by molar-refractivity contribution is 0.0600. The van der Waals surface area contributed by atoms with E-state index in [9.17, 15) is 9.18 Å². The Balaban J connectivity index is 1.58. The minimum Gasteiger partial charge on any atom is -0.491 e. The van der Waals surface area contributed by atoms with Gasteiger partial charge in [-0.1, -0.05) is 57.2 Å². The normalized spacial score (nSPS) is 10.7. The Labute approximate surface area is 188 Å². The molecule has 0 aliphatic carbocycles. The molecule has 0 bridgehead atoms. The lowest BCUT2D eigenvalue weighted by Gasteiger charge is -2.09. The number of esters is 1. The van der Waals surface area contributed by atoms with E-state index < -0.39 is 11.8 Å². The second kappa shape index (κ2) is 11.9. The van der Waals surface area contributed by atoms with Crippen LogP contribution in [0.15, 0.2) is 54.9 Å². The van der Waals surface area contributed by atoms with Crippen molar-refractivity contribution in [2.75, 3.05) is 13.7 Å². The molecule has 0 spiro atoms. The molecule has 32 heavy (non-hydrogen) atoms. The number of methoxy groups -OCH3 is 1. The second-order valence-electron chi connectivity index (χ2n) is 7.63. The van der Waals surface area contributed by atoms with Crippen molar-refractivity contribution >= 4 is 5.97 Å². The van der Waals surface area contributed by atoms with Gasteiger partial charge in [-0.05, 0) is 36.2 Å². The Kier molecular flexibility index (Phi) is 8.72. The smallest absolute Gasteiger partial charge is 0.337 e. The SMILES string of the molecule is CCCCCCCCOc1ccc(-c2cnc(-c3ccc(C(=O)OC)cc3)nc2)cc1F. The van der Waals surface area contributed by atoms with E-state index in [0.29, 0.717) is 29.1 Å². The average Bonchev–Trinajstić information content (AvgIpc) is 2.84. The van der Waals surface area contributed by atoms with Crippen molar-refractivity contribution < 1.29 is 18.7 Å². The van der Waals surface area contributed by atoms with Crippen LogP contribution in [0.2, 0.25) is 0 Å². The molecule has 5 nitrogen and oxygen atoms in total. The number of nitrogens with zero attached hydrogens (tertiary/aromatic N) is 2. The van der Waals surface area contributed by atoms with Crippen LogP contribution in [-0.4, -0.2) is 29.7 Å². The molecule has 2 aromatic carbocycles. The highest BCUT2D eigenvalue weighted by Crippen LogP contribution is 2.26. The average molecular weight is 437 g/mol. The van der Waals surface area contributed by atoms with Crippen molar-refractivity contribution in [3.63, 3.8) is 0 Å². The third-order valence-corrected chi connectivity index (χ3v) is 5.24. The predicted molar refractivity (Wildman–Crippen MR) is 123 cm³/mol. The van der Waals surface area contributed by atoms with Crippen LogP contribution in [0.5, 0.6) is 5.75 Å². The number of carbonyl (C=O) groups is 1. The molecule has 0 unspecified atom stereocenters. The van der Waals surface area contributed by atoms with Gasteiger partial charge in [0.2, 0.25) is 0 Å². The minimum atomic E-state index is -0.394. The van der Waals surface area contributed by atoms with E-state index in [4.69, 9.17) is 9.47 Å². The molecule has 1 heterocycles. The summed E-state index contributed by atoms with van der Waals surface area (Å²) in [6.07, 6.45) is 10.3. The van der Waals surface area contributed by atoms with Gasteiger partial charge in [-0.2, -0.15) is 0 Å². The van der Waals surface area contributed by atoms with Gasteiger partial charge in [0.05, 0.1) is 19.3 Å². The topological polar surface area (TPSA) is 61.3 Å². The van der Waals surface area contributed by atoms with E-state index in [-0.39, 0.29) is 5.75 Å². The molecule has 0 N–H and O–H groups in total. The summed E-state index contributed by atoms with van der Waals surface area (Å²) in [5.74, 6) is 0.000252. The molecule has 1 aromatic heterocycles. The first-order chi connectivity index (χ1) is 15.6. The monoisotopic (exact) mass is 436 g/mol. The van der Waals surface area contributed by atoms with Gasteiger partial charge in [0, 0.05) is 23.5 Å². The summed E-state index contributed by atoms with van der Waals surface area (Å²) in [4.78, 5) is 20.3. The van der Waals surface area contributed by atoms with Crippen molar-refractivity contribution in [2.24, 2.45) is 0 Å². The molecule has 6 heteroatoms. The van der Waals surface area contributed by atoms with Crippen LogP contribution in [0.25, 0.3) is 22.5 Å². The Morgan fingerprint density at radius 2 is 1.53 bits per heavy atom. The van der Waals surface area contributed by atoms with Gasteiger partial charge in [0.15, 0.2) is 17.4 Å². The molecule has 3 aromatic rings. The van der Waals surface area contributed by atoms with Crippen LogP contribution >= 0.6 is 0 Å². The maximum absolute atomic E-state index is 14.5. The van der Waals surface area contributed by atoms with Crippen LogP contribution in [0, 0.1) is 5.82 Å². The second-order valence-corrected chi connectivity index (χ2v) is 7.63. The zero-order valence-electron chi connectivity index (χ0n) is 18.6. The third-order valence-electron chi connectivity index (χ3n) is 5.24. The first-order valence-electron chi connectivity index (χ1n) is 11.1. The van der Waals surface area contributed by atoms with Crippen LogP contribution in [0.1, 0.15) is 55.8 Å². The summed E-state index contributed by atoms with van der Waals surface area (Å²) in [6, 6.07) is 11.8. The number of carbonyl (C=O) groups excluding carboxylic acids is 1. The van der Waals surface area contributed by atoms with Crippen LogP contribution in [0.4, 0.5) is 4.39 Å². The third kappa shape index (κ3) is 6.36. The standard InChI is InChI=1S/C26H29FN2O3/c1-3-4-5-6-7-8-15-32-24-14-13-21(16-23(24)27)22-17-28-25(29-18-22)19-9-11-20(12-10-19)26(30)31-2/h9-14,16-18H,3-8,15H2,1-2H3. The highest BCUT2D eigenvalue weighted by Gasteiger charge is 2.09. The molecule has 0 fully saturated rings. The van der Waals surface area contributed by atoms with E-state index in [1.165, 1.54) is 38.9 Å². The molecule has 0 aliphatic heterocycles. The number of ether oxygens (including phenoxy) is 2. The first-order valence-corrected chi connectivity index (χ1v) is 11.1. The highest BCUT2D eigenvalue weighted by atomic mass is 19.1. The number of rotatable bonds is 11. The zero-order chi connectivity index (χ0) is 22.8. The summed E-state index contributed by atoms with van der Waals surface area (Å²) < 4.78 is 24.8. The van der Waals surface area contributed by atoms with Gasteiger partial charge < -0.3 is 9.47 Å². The maximum atomic E-state index is 14.5. The number of unbranched alkanes of at least 4 members (excludes halogenated alkanes) is 5. The Morgan fingerprint density at radius 3 is 2.19 bits per heavy atom. The van der Waals surface area contributed by atoms with Gasteiger partial charge in [-0.3, -0.25) is 0 Å². The quantitative estimate of drug-likeness (QED) is 0.254. The summed E-state index contributed by atoms with van der Waals surface area (Å²) in [5.41, 5.74) is 2.62.